The lowest BCUT2D eigenvalue weighted by molar-refractivity contribution is 0.273. The summed E-state index contributed by atoms with van der Waals surface area (Å²) < 4.78 is 1.01. The summed E-state index contributed by atoms with van der Waals surface area (Å²) >= 11 is 3.41. The van der Waals surface area contributed by atoms with Crippen LogP contribution in [0.5, 0.6) is 0 Å². The summed E-state index contributed by atoms with van der Waals surface area (Å²) in [5.74, 6) is 0. The molecular weight excluding hydrogens is 242 g/mol. The van der Waals surface area contributed by atoms with Crippen LogP contribution >= 0.6 is 15.9 Å². The second-order valence-electron chi connectivity index (χ2n) is 3.55. The molecule has 1 fully saturated rings. The maximum atomic E-state index is 4.11. The third-order valence-electron chi connectivity index (χ3n) is 2.35. The number of halogens is 1. The third-order valence-corrected chi connectivity index (χ3v) is 2.78. The van der Waals surface area contributed by atoms with Crippen molar-refractivity contribution >= 4 is 21.6 Å². The number of hydrogen-bond donors (Lipinski definition) is 1. The normalized spacial score (nSPS) is 18.1. The Morgan fingerprint density at radius 2 is 2.00 bits per heavy atom. The molecule has 0 amide bonds. The maximum Gasteiger partial charge on any atom is 0.0684 e. The van der Waals surface area contributed by atoms with Gasteiger partial charge in [-0.2, -0.15) is 0 Å². The summed E-state index contributed by atoms with van der Waals surface area (Å²) in [6.07, 6.45) is 7.57. The Morgan fingerprint density at radius 3 is 2.71 bits per heavy atom. The molecule has 0 atom stereocenters. The van der Waals surface area contributed by atoms with E-state index in [2.05, 4.69) is 31.3 Å². The molecule has 2 rings (SSSR count). The van der Waals surface area contributed by atoms with Crippen LogP contribution in [0.15, 0.2) is 22.9 Å². The van der Waals surface area contributed by atoms with Gasteiger partial charge in [0.15, 0.2) is 0 Å². The van der Waals surface area contributed by atoms with Crippen LogP contribution in [0, 0.1) is 0 Å². The van der Waals surface area contributed by atoms with Crippen molar-refractivity contribution in [3.8, 4) is 0 Å². The zero-order valence-corrected chi connectivity index (χ0v) is 9.63. The molecule has 1 aliphatic rings. The van der Waals surface area contributed by atoms with Crippen molar-refractivity contribution in [3.05, 3.63) is 22.9 Å². The molecule has 14 heavy (non-hydrogen) atoms. The summed E-state index contributed by atoms with van der Waals surface area (Å²) in [4.78, 5) is 4.11. The molecule has 76 valence electrons. The molecule has 4 heteroatoms. The molecular formula is C10H14BrN3. The second-order valence-corrected chi connectivity index (χ2v) is 4.47. The number of aromatic nitrogens is 1. The van der Waals surface area contributed by atoms with Gasteiger partial charge in [-0.15, -0.1) is 0 Å². The average Bonchev–Trinajstić information content (AvgIpc) is 2.19. The average molecular weight is 256 g/mol. The lowest BCUT2D eigenvalue weighted by atomic mass is 10.2. The van der Waals surface area contributed by atoms with Crippen LogP contribution in [0.1, 0.15) is 19.3 Å². The summed E-state index contributed by atoms with van der Waals surface area (Å²) in [6, 6.07) is 2.04. The fourth-order valence-corrected chi connectivity index (χ4v) is 2.03. The van der Waals surface area contributed by atoms with E-state index in [9.17, 15) is 0 Å². The smallest absolute Gasteiger partial charge is 0.0684 e. The first-order chi connectivity index (χ1) is 6.84. The number of hydrogen-bond acceptors (Lipinski definition) is 3. The van der Waals surface area contributed by atoms with Gasteiger partial charge in [0, 0.05) is 23.8 Å². The van der Waals surface area contributed by atoms with E-state index in [4.69, 9.17) is 0 Å². The number of nitrogens with zero attached hydrogens (tertiary/aromatic N) is 2. The number of rotatable bonds is 2. The molecule has 0 spiro atoms. The molecule has 1 saturated heterocycles. The minimum Gasteiger partial charge on any atom is -0.317 e. The van der Waals surface area contributed by atoms with Gasteiger partial charge in [0.2, 0.25) is 0 Å². The van der Waals surface area contributed by atoms with Crippen LogP contribution < -0.4 is 5.43 Å². The summed E-state index contributed by atoms with van der Waals surface area (Å²) in [5.41, 5.74) is 4.42. The largest absolute Gasteiger partial charge is 0.317 e. The summed E-state index contributed by atoms with van der Waals surface area (Å²) in [7, 11) is 0. The fraction of sp³-hybridized carbons (Fsp3) is 0.500. The van der Waals surface area contributed by atoms with Crippen molar-refractivity contribution in [2.45, 2.75) is 19.3 Å². The Hall–Kier alpha value is -0.610. The van der Waals surface area contributed by atoms with Gasteiger partial charge in [-0.3, -0.25) is 4.98 Å². The van der Waals surface area contributed by atoms with Gasteiger partial charge in [-0.05, 0) is 34.8 Å². The Labute approximate surface area is 92.6 Å². The zero-order chi connectivity index (χ0) is 9.80. The third kappa shape index (κ3) is 2.69. The molecule has 1 aromatic rings. The van der Waals surface area contributed by atoms with Gasteiger partial charge in [-0.1, -0.05) is 6.42 Å². The topological polar surface area (TPSA) is 28.2 Å². The number of anilines is 1. The predicted octanol–water partition coefficient (Wildman–Crippen LogP) is 2.66. The highest BCUT2D eigenvalue weighted by atomic mass is 79.9. The van der Waals surface area contributed by atoms with Crippen LogP contribution in [0.25, 0.3) is 0 Å². The van der Waals surface area contributed by atoms with Crippen molar-refractivity contribution in [1.82, 2.24) is 9.99 Å². The molecule has 2 heterocycles. The fourth-order valence-electron chi connectivity index (χ4n) is 1.66. The van der Waals surface area contributed by atoms with Crippen molar-refractivity contribution in [1.29, 1.82) is 0 Å². The van der Waals surface area contributed by atoms with Gasteiger partial charge in [-0.25, -0.2) is 5.01 Å². The van der Waals surface area contributed by atoms with Crippen LogP contribution in [0.4, 0.5) is 5.69 Å². The maximum absolute atomic E-state index is 4.11. The van der Waals surface area contributed by atoms with Crippen LogP contribution in [0.2, 0.25) is 0 Å². The van der Waals surface area contributed by atoms with Crippen molar-refractivity contribution < 1.29 is 0 Å². The predicted molar refractivity (Wildman–Crippen MR) is 61.0 cm³/mol. The number of pyridine rings is 1. The molecule has 0 unspecified atom stereocenters. The number of nitrogens with one attached hydrogen (secondary N) is 1. The lowest BCUT2D eigenvalue weighted by Gasteiger charge is -2.27. The van der Waals surface area contributed by atoms with Crippen LogP contribution in [-0.2, 0) is 0 Å². The van der Waals surface area contributed by atoms with Gasteiger partial charge >= 0.3 is 0 Å². The van der Waals surface area contributed by atoms with Gasteiger partial charge < -0.3 is 5.43 Å². The monoisotopic (exact) mass is 255 g/mol. The molecule has 0 aliphatic carbocycles. The minimum absolute atomic E-state index is 1.01. The highest BCUT2D eigenvalue weighted by Gasteiger charge is 2.09. The van der Waals surface area contributed by atoms with E-state index in [-0.39, 0.29) is 0 Å². The van der Waals surface area contributed by atoms with E-state index >= 15 is 0 Å². The first-order valence-electron chi connectivity index (χ1n) is 4.97. The molecule has 0 saturated carbocycles. The van der Waals surface area contributed by atoms with E-state index in [1.54, 1.807) is 6.20 Å². The SMILES string of the molecule is Brc1cncc(NN2CCCCC2)c1. The minimum atomic E-state index is 1.01. The molecule has 0 aromatic carbocycles. The Kier molecular flexibility index (Phi) is 3.37. The summed E-state index contributed by atoms with van der Waals surface area (Å²) in [5, 5.41) is 2.26. The van der Waals surface area contributed by atoms with Crippen LogP contribution in [0.3, 0.4) is 0 Å². The number of hydrazine groups is 1. The molecule has 1 aliphatic heterocycles. The van der Waals surface area contributed by atoms with Crippen LogP contribution in [-0.4, -0.2) is 23.1 Å². The number of piperidine rings is 1. The van der Waals surface area contributed by atoms with E-state index in [0.717, 1.165) is 23.2 Å². The zero-order valence-electron chi connectivity index (χ0n) is 8.04. The molecule has 1 N–H and O–H groups in total. The highest BCUT2D eigenvalue weighted by molar-refractivity contribution is 9.10. The van der Waals surface area contributed by atoms with Crippen molar-refractivity contribution in [3.63, 3.8) is 0 Å². The first-order valence-corrected chi connectivity index (χ1v) is 5.76. The van der Waals surface area contributed by atoms with Gasteiger partial charge in [0.05, 0.1) is 11.9 Å². The summed E-state index contributed by atoms with van der Waals surface area (Å²) in [6.45, 7) is 2.26. The quantitative estimate of drug-likeness (QED) is 0.881. The van der Waals surface area contributed by atoms with E-state index in [0.29, 0.717) is 0 Å². The molecule has 3 nitrogen and oxygen atoms in total. The van der Waals surface area contributed by atoms with E-state index in [1.165, 1.54) is 19.3 Å². The van der Waals surface area contributed by atoms with Gasteiger partial charge in [0.1, 0.15) is 0 Å². The van der Waals surface area contributed by atoms with E-state index < -0.39 is 0 Å². The van der Waals surface area contributed by atoms with E-state index in [1.807, 2.05) is 12.3 Å². The van der Waals surface area contributed by atoms with Crippen molar-refractivity contribution in [2.24, 2.45) is 0 Å². The Morgan fingerprint density at radius 1 is 1.21 bits per heavy atom. The Bertz CT molecular complexity index is 297. The second kappa shape index (κ2) is 4.75. The highest BCUT2D eigenvalue weighted by Crippen LogP contribution is 2.16. The first kappa shape index (κ1) is 9.93. The lowest BCUT2D eigenvalue weighted by Crippen LogP contribution is -2.34. The standard InChI is InChI=1S/C10H14BrN3/c11-9-6-10(8-12-7-9)13-14-4-2-1-3-5-14/h6-8,13H,1-5H2. The Balaban J connectivity index is 1.95. The molecule has 1 aromatic heterocycles. The molecule has 0 radical (unpaired) electrons. The molecule has 0 bridgehead atoms. The van der Waals surface area contributed by atoms with Gasteiger partial charge in [0.25, 0.3) is 0 Å². The van der Waals surface area contributed by atoms with Crippen molar-refractivity contribution in [2.75, 3.05) is 18.5 Å².